The summed E-state index contributed by atoms with van der Waals surface area (Å²) in [5.74, 6) is -0.128. The van der Waals surface area contributed by atoms with E-state index in [2.05, 4.69) is 22.6 Å². The van der Waals surface area contributed by atoms with Crippen LogP contribution in [0.5, 0.6) is 0 Å². The molecule has 0 aromatic carbocycles. The van der Waals surface area contributed by atoms with Gasteiger partial charge in [0.2, 0.25) is 0 Å². The summed E-state index contributed by atoms with van der Waals surface area (Å²) in [6.07, 6.45) is 8.35. The average molecular weight is 309 g/mol. The topological polar surface area (TPSA) is 79.4 Å². The highest BCUT2D eigenvalue weighted by molar-refractivity contribution is 6.08. The molecule has 5 aliphatic rings. The minimum Gasteiger partial charge on any atom is -0.272 e. The van der Waals surface area contributed by atoms with Crippen LogP contribution in [0.2, 0.25) is 0 Å². The van der Waals surface area contributed by atoms with E-state index in [0.29, 0.717) is 17.4 Å². The fraction of sp³-hybridized carbons (Fsp3) is 0.412. The van der Waals surface area contributed by atoms with E-state index in [1.807, 2.05) is 0 Å². The number of imide groups is 1. The van der Waals surface area contributed by atoms with Crippen LogP contribution in [-0.4, -0.2) is 27.7 Å². The molecule has 1 N–H and O–H groups in total. The van der Waals surface area contributed by atoms with Crippen LogP contribution >= 0.6 is 0 Å². The second-order valence-corrected chi connectivity index (χ2v) is 6.84. The van der Waals surface area contributed by atoms with Crippen LogP contribution in [0.15, 0.2) is 36.7 Å². The number of hydrazine groups is 1. The summed E-state index contributed by atoms with van der Waals surface area (Å²) in [6, 6.07) is 3.10. The molecular weight excluding hydrogens is 294 g/mol. The maximum atomic E-state index is 12.7. The van der Waals surface area contributed by atoms with Crippen molar-refractivity contribution >= 4 is 17.7 Å². The number of carbonyl (C=O) groups is 3. The number of rotatable bonds is 2. The molecule has 1 aromatic heterocycles. The lowest BCUT2D eigenvalue weighted by atomic mass is 9.63. The van der Waals surface area contributed by atoms with Crippen molar-refractivity contribution in [1.29, 1.82) is 0 Å². The summed E-state index contributed by atoms with van der Waals surface area (Å²) in [4.78, 5) is 41.5. The first-order valence-electron chi connectivity index (χ1n) is 7.94. The van der Waals surface area contributed by atoms with Crippen molar-refractivity contribution in [2.45, 2.75) is 6.42 Å². The third kappa shape index (κ3) is 1.63. The number of carbonyl (C=O) groups excluding carboxylic acids is 3. The third-order valence-corrected chi connectivity index (χ3v) is 5.82. The van der Waals surface area contributed by atoms with E-state index < -0.39 is 5.91 Å². The number of nitrogens with zero attached hydrogens (tertiary/aromatic N) is 2. The molecule has 3 fully saturated rings. The highest BCUT2D eigenvalue weighted by Gasteiger charge is 2.67. The number of amides is 3. The maximum Gasteiger partial charge on any atom is 0.270 e. The van der Waals surface area contributed by atoms with E-state index in [1.54, 1.807) is 12.1 Å². The highest BCUT2D eigenvalue weighted by Crippen LogP contribution is 2.65. The molecule has 2 heterocycles. The Morgan fingerprint density at radius 2 is 1.61 bits per heavy atom. The Labute approximate surface area is 132 Å². The first-order chi connectivity index (χ1) is 11.2. The molecule has 2 saturated carbocycles. The summed E-state index contributed by atoms with van der Waals surface area (Å²) in [5.41, 5.74) is 2.86. The lowest BCUT2D eigenvalue weighted by Crippen LogP contribution is -2.46. The summed E-state index contributed by atoms with van der Waals surface area (Å²) in [6.45, 7) is 0. The smallest absolute Gasteiger partial charge is 0.270 e. The van der Waals surface area contributed by atoms with Gasteiger partial charge in [0.25, 0.3) is 17.7 Å². The van der Waals surface area contributed by atoms with Gasteiger partial charge in [-0.3, -0.25) is 24.8 Å². The number of nitrogens with one attached hydrogen (secondary N) is 1. The predicted molar refractivity (Wildman–Crippen MR) is 78.3 cm³/mol. The standard InChI is InChI=1S/C17H15N3O3/c21-15(8-3-5-18-6-4-8)19-20-16(22)13-9-1-2-10(12-7-11(9)12)14(13)17(20)23/h1-6,9-14H,7H2,(H,19,21)/t9-,10-,11-,12+,13+,14+/m1/s1. The zero-order valence-corrected chi connectivity index (χ0v) is 12.3. The molecular formula is C17H15N3O3. The predicted octanol–water partition coefficient (Wildman–Crippen LogP) is 0.779. The first-order valence-corrected chi connectivity index (χ1v) is 7.94. The van der Waals surface area contributed by atoms with Crippen molar-refractivity contribution in [3.05, 3.63) is 42.2 Å². The van der Waals surface area contributed by atoms with Crippen molar-refractivity contribution in [3.8, 4) is 0 Å². The van der Waals surface area contributed by atoms with Crippen molar-refractivity contribution in [2.75, 3.05) is 0 Å². The number of aromatic nitrogens is 1. The fourth-order valence-corrected chi connectivity index (χ4v) is 4.74. The Kier molecular flexibility index (Phi) is 2.42. The van der Waals surface area contributed by atoms with Crippen LogP contribution in [0.4, 0.5) is 0 Å². The number of allylic oxidation sites excluding steroid dienone is 2. The minimum absolute atomic E-state index is 0.161. The monoisotopic (exact) mass is 309 g/mol. The average Bonchev–Trinajstić information content (AvgIpc) is 3.37. The van der Waals surface area contributed by atoms with Gasteiger partial charge in [0.1, 0.15) is 0 Å². The number of hydrogen-bond donors (Lipinski definition) is 1. The van der Waals surface area contributed by atoms with Crippen LogP contribution in [0.25, 0.3) is 0 Å². The molecule has 116 valence electrons. The van der Waals surface area contributed by atoms with E-state index in [0.717, 1.165) is 11.4 Å². The van der Waals surface area contributed by atoms with Gasteiger partial charge in [0, 0.05) is 18.0 Å². The van der Waals surface area contributed by atoms with Gasteiger partial charge in [-0.15, -0.1) is 0 Å². The zero-order chi connectivity index (χ0) is 15.7. The van der Waals surface area contributed by atoms with Gasteiger partial charge in [-0.25, -0.2) is 0 Å². The van der Waals surface area contributed by atoms with Crippen LogP contribution < -0.4 is 5.43 Å². The van der Waals surface area contributed by atoms with E-state index in [4.69, 9.17) is 0 Å². The van der Waals surface area contributed by atoms with Crippen LogP contribution in [0, 0.1) is 35.5 Å². The normalized spacial score (nSPS) is 39.2. The molecule has 0 unspecified atom stereocenters. The largest absolute Gasteiger partial charge is 0.272 e. The quantitative estimate of drug-likeness (QED) is 0.647. The van der Waals surface area contributed by atoms with E-state index >= 15 is 0 Å². The van der Waals surface area contributed by atoms with Crippen LogP contribution in [-0.2, 0) is 9.59 Å². The molecule has 4 aliphatic carbocycles. The van der Waals surface area contributed by atoms with Crippen LogP contribution in [0.3, 0.4) is 0 Å². The molecule has 0 spiro atoms. The van der Waals surface area contributed by atoms with Crippen molar-refractivity contribution < 1.29 is 14.4 Å². The Morgan fingerprint density at radius 1 is 1.04 bits per heavy atom. The molecule has 6 heteroatoms. The van der Waals surface area contributed by atoms with Crippen molar-refractivity contribution in [1.82, 2.24) is 15.4 Å². The molecule has 1 saturated heterocycles. The van der Waals surface area contributed by atoms with Crippen LogP contribution in [0.1, 0.15) is 16.8 Å². The number of pyridine rings is 1. The molecule has 6 nitrogen and oxygen atoms in total. The molecule has 0 radical (unpaired) electrons. The Morgan fingerprint density at radius 3 is 2.17 bits per heavy atom. The molecule has 6 rings (SSSR count). The second kappa shape index (κ2) is 4.28. The third-order valence-electron chi connectivity index (χ3n) is 5.82. The molecule has 2 bridgehead atoms. The molecule has 3 amide bonds. The fourth-order valence-electron chi connectivity index (χ4n) is 4.74. The van der Waals surface area contributed by atoms with Gasteiger partial charge in [-0.1, -0.05) is 12.2 Å². The van der Waals surface area contributed by atoms with Gasteiger partial charge in [-0.2, -0.15) is 5.01 Å². The van der Waals surface area contributed by atoms with Gasteiger partial charge >= 0.3 is 0 Å². The maximum absolute atomic E-state index is 12.7. The minimum atomic E-state index is -0.460. The first kappa shape index (κ1) is 13.0. The van der Waals surface area contributed by atoms with Crippen molar-refractivity contribution in [2.24, 2.45) is 35.5 Å². The molecule has 1 aromatic rings. The van der Waals surface area contributed by atoms with E-state index in [9.17, 15) is 14.4 Å². The summed E-state index contributed by atoms with van der Waals surface area (Å²) < 4.78 is 0. The van der Waals surface area contributed by atoms with E-state index in [1.165, 1.54) is 12.4 Å². The zero-order valence-electron chi connectivity index (χ0n) is 12.3. The van der Waals surface area contributed by atoms with Gasteiger partial charge < -0.3 is 0 Å². The molecule has 6 atom stereocenters. The lowest BCUT2D eigenvalue weighted by molar-refractivity contribution is -0.143. The summed E-state index contributed by atoms with van der Waals surface area (Å²) in [7, 11) is 0. The van der Waals surface area contributed by atoms with Gasteiger partial charge in [-0.05, 0) is 42.2 Å². The second-order valence-electron chi connectivity index (χ2n) is 6.84. The highest BCUT2D eigenvalue weighted by atomic mass is 16.2. The lowest BCUT2D eigenvalue weighted by Gasteiger charge is -2.37. The number of hydrogen-bond acceptors (Lipinski definition) is 4. The summed E-state index contributed by atoms with van der Waals surface area (Å²) >= 11 is 0. The van der Waals surface area contributed by atoms with E-state index in [-0.39, 0.29) is 35.5 Å². The Balaban J connectivity index is 1.42. The van der Waals surface area contributed by atoms with Gasteiger partial charge in [0.05, 0.1) is 11.8 Å². The summed E-state index contributed by atoms with van der Waals surface area (Å²) in [5, 5.41) is 0.954. The van der Waals surface area contributed by atoms with Crippen molar-refractivity contribution in [3.63, 3.8) is 0 Å². The Bertz CT molecular complexity index is 724. The SMILES string of the molecule is O=C(NN1C(=O)[C@H]2[C@@H]3C=C[C@H]([C@@H]4C[C@H]34)[C@@H]2C1=O)c1ccncc1. The Hall–Kier alpha value is -2.50. The van der Waals surface area contributed by atoms with Gasteiger partial charge in [0.15, 0.2) is 0 Å². The molecule has 1 aliphatic heterocycles. The molecule has 23 heavy (non-hydrogen) atoms.